The molecule has 0 bridgehead atoms. The fourth-order valence-corrected chi connectivity index (χ4v) is 2.11. The average Bonchev–Trinajstić information content (AvgIpc) is 2.58. The molecular weight excluding hydrogens is 330 g/mol. The monoisotopic (exact) mass is 345 g/mol. The Balaban J connectivity index is 2.07. The Labute approximate surface area is 144 Å². The van der Waals surface area contributed by atoms with Crippen LogP contribution in [0.4, 0.5) is 0 Å². The molecule has 0 amide bonds. The molecule has 0 saturated heterocycles. The summed E-state index contributed by atoms with van der Waals surface area (Å²) in [6, 6.07) is 14.9. The van der Waals surface area contributed by atoms with E-state index in [0.29, 0.717) is 23.6 Å². The van der Waals surface area contributed by atoms with Gasteiger partial charge in [0.05, 0.1) is 12.8 Å². The lowest BCUT2D eigenvalue weighted by Crippen LogP contribution is -2.19. The van der Waals surface area contributed by atoms with Crippen LogP contribution < -0.4 is 10.2 Å². The molecule has 6 nitrogen and oxygen atoms in total. The standard InChI is InChI=1S/C17H16ClN3O3/c18-14-6-7-16(24-11-12-4-2-1-3-5-12)13(8-14)10-20-21-15(9-19)17(22)23/h1-9,19-20H,10-11H2,(H,22,23)/b19-9?,21-15+. The highest BCUT2D eigenvalue weighted by molar-refractivity contribution is 6.58. The maximum Gasteiger partial charge on any atom is 0.357 e. The van der Waals surface area contributed by atoms with Crippen molar-refractivity contribution < 1.29 is 14.6 Å². The van der Waals surface area contributed by atoms with E-state index < -0.39 is 5.97 Å². The second-order valence-corrected chi connectivity index (χ2v) is 5.24. The molecule has 2 rings (SSSR count). The van der Waals surface area contributed by atoms with Crippen LogP contribution in [0.5, 0.6) is 5.75 Å². The van der Waals surface area contributed by atoms with Gasteiger partial charge in [-0.2, -0.15) is 5.10 Å². The highest BCUT2D eigenvalue weighted by Crippen LogP contribution is 2.23. The van der Waals surface area contributed by atoms with E-state index in [1.807, 2.05) is 30.3 Å². The third-order valence-electron chi connectivity index (χ3n) is 3.08. The molecule has 0 radical (unpaired) electrons. The van der Waals surface area contributed by atoms with E-state index in [2.05, 4.69) is 10.5 Å². The normalized spacial score (nSPS) is 11.0. The van der Waals surface area contributed by atoms with Crippen molar-refractivity contribution in [2.75, 3.05) is 0 Å². The van der Waals surface area contributed by atoms with Crippen molar-refractivity contribution in [2.24, 2.45) is 5.10 Å². The first-order chi connectivity index (χ1) is 11.6. The minimum absolute atomic E-state index is 0.218. The van der Waals surface area contributed by atoms with Gasteiger partial charge in [-0.3, -0.25) is 0 Å². The van der Waals surface area contributed by atoms with E-state index in [0.717, 1.165) is 11.1 Å². The largest absolute Gasteiger partial charge is 0.489 e. The van der Waals surface area contributed by atoms with Gasteiger partial charge >= 0.3 is 5.97 Å². The minimum Gasteiger partial charge on any atom is -0.489 e. The summed E-state index contributed by atoms with van der Waals surface area (Å²) in [5, 5.41) is 20.0. The summed E-state index contributed by atoms with van der Waals surface area (Å²) in [5.74, 6) is -0.651. The third-order valence-corrected chi connectivity index (χ3v) is 3.32. The summed E-state index contributed by atoms with van der Waals surface area (Å²) in [5.41, 5.74) is 3.99. The molecule has 7 heteroatoms. The van der Waals surface area contributed by atoms with Gasteiger partial charge in [0.15, 0.2) is 5.71 Å². The van der Waals surface area contributed by atoms with Crippen LogP contribution in [-0.2, 0) is 17.9 Å². The number of carboxylic acids is 1. The Morgan fingerprint density at radius 1 is 1.29 bits per heavy atom. The molecule has 0 spiro atoms. The van der Waals surface area contributed by atoms with E-state index >= 15 is 0 Å². The molecule has 0 aromatic heterocycles. The number of hydrazone groups is 1. The molecule has 0 heterocycles. The summed E-state index contributed by atoms with van der Waals surface area (Å²) in [6.45, 7) is 0.620. The smallest absolute Gasteiger partial charge is 0.357 e. The zero-order chi connectivity index (χ0) is 17.4. The highest BCUT2D eigenvalue weighted by Gasteiger charge is 2.07. The number of carboxylic acid groups (broad SMARTS) is 1. The van der Waals surface area contributed by atoms with Crippen molar-refractivity contribution in [2.45, 2.75) is 13.2 Å². The lowest BCUT2D eigenvalue weighted by atomic mass is 10.2. The molecule has 0 saturated carbocycles. The van der Waals surface area contributed by atoms with Gasteiger partial charge in [0.25, 0.3) is 0 Å². The number of nitrogens with zero attached hydrogens (tertiary/aromatic N) is 1. The Morgan fingerprint density at radius 3 is 2.71 bits per heavy atom. The van der Waals surface area contributed by atoms with Gasteiger partial charge in [-0.05, 0) is 23.8 Å². The van der Waals surface area contributed by atoms with Crippen LogP contribution in [0.3, 0.4) is 0 Å². The average molecular weight is 346 g/mol. The second-order valence-electron chi connectivity index (χ2n) is 4.81. The summed E-state index contributed by atoms with van der Waals surface area (Å²) in [7, 11) is 0. The Bertz CT molecular complexity index is 748. The number of hydrogen-bond donors (Lipinski definition) is 3. The van der Waals surface area contributed by atoms with Crippen molar-refractivity contribution in [3.63, 3.8) is 0 Å². The van der Waals surface area contributed by atoms with Crippen molar-refractivity contribution in [1.29, 1.82) is 5.41 Å². The number of hydrogen-bond acceptors (Lipinski definition) is 5. The molecule has 24 heavy (non-hydrogen) atoms. The van der Waals surface area contributed by atoms with Gasteiger partial charge in [-0.25, -0.2) is 4.79 Å². The number of carbonyl (C=O) groups is 1. The SMILES string of the molecule is N=C/C(=N\NCc1cc(Cl)ccc1OCc1ccccc1)C(=O)O. The number of nitrogens with one attached hydrogen (secondary N) is 2. The van der Waals surface area contributed by atoms with Crippen LogP contribution in [0.2, 0.25) is 5.02 Å². The zero-order valence-electron chi connectivity index (χ0n) is 12.7. The molecule has 0 fully saturated rings. The molecule has 2 aromatic carbocycles. The molecule has 2 aromatic rings. The number of rotatable bonds is 8. The van der Waals surface area contributed by atoms with Crippen LogP contribution in [0.25, 0.3) is 0 Å². The van der Waals surface area contributed by atoms with Gasteiger partial charge in [-0.1, -0.05) is 41.9 Å². The van der Waals surface area contributed by atoms with Crippen molar-refractivity contribution in [3.05, 3.63) is 64.7 Å². The predicted molar refractivity (Wildman–Crippen MR) is 92.9 cm³/mol. The molecular formula is C17H16ClN3O3. The number of aliphatic carboxylic acids is 1. The first-order valence-corrected chi connectivity index (χ1v) is 7.47. The quantitative estimate of drug-likeness (QED) is 0.506. The van der Waals surface area contributed by atoms with E-state index in [4.69, 9.17) is 26.9 Å². The predicted octanol–water partition coefficient (Wildman–Crippen LogP) is 3.10. The number of halogens is 1. The van der Waals surface area contributed by atoms with E-state index in [1.165, 1.54) is 0 Å². The van der Waals surface area contributed by atoms with Gasteiger partial charge in [0, 0.05) is 10.6 Å². The van der Waals surface area contributed by atoms with Crippen molar-refractivity contribution >= 4 is 29.5 Å². The molecule has 124 valence electrons. The van der Waals surface area contributed by atoms with Crippen LogP contribution in [0.1, 0.15) is 11.1 Å². The topological polar surface area (TPSA) is 94.8 Å². The summed E-state index contributed by atoms with van der Waals surface area (Å²) in [4.78, 5) is 10.8. The molecule has 0 unspecified atom stereocenters. The van der Waals surface area contributed by atoms with Crippen LogP contribution in [0, 0.1) is 5.41 Å². The summed E-state index contributed by atoms with van der Waals surface area (Å²) < 4.78 is 5.80. The first-order valence-electron chi connectivity index (χ1n) is 7.09. The second kappa shape index (κ2) is 8.69. The van der Waals surface area contributed by atoms with Gasteiger partial charge in [0.1, 0.15) is 12.4 Å². The van der Waals surface area contributed by atoms with Gasteiger partial charge in [0.2, 0.25) is 0 Å². The molecule has 0 aliphatic rings. The van der Waals surface area contributed by atoms with Crippen LogP contribution in [0.15, 0.2) is 53.6 Å². The lowest BCUT2D eigenvalue weighted by Gasteiger charge is -2.12. The maximum atomic E-state index is 10.8. The number of benzene rings is 2. The fraction of sp³-hybridized carbons (Fsp3) is 0.118. The van der Waals surface area contributed by atoms with Crippen LogP contribution in [-0.4, -0.2) is 23.0 Å². The molecule has 3 N–H and O–H groups in total. The summed E-state index contributed by atoms with van der Waals surface area (Å²) in [6.07, 6.45) is 0.667. The number of ether oxygens (including phenoxy) is 1. The minimum atomic E-state index is -1.27. The summed E-state index contributed by atoms with van der Waals surface area (Å²) >= 11 is 6.00. The van der Waals surface area contributed by atoms with E-state index in [9.17, 15) is 4.79 Å². The zero-order valence-corrected chi connectivity index (χ0v) is 13.5. The molecule has 0 atom stereocenters. The van der Waals surface area contributed by atoms with Crippen molar-refractivity contribution in [3.8, 4) is 5.75 Å². The van der Waals surface area contributed by atoms with Gasteiger partial charge in [-0.15, -0.1) is 0 Å². The molecule has 0 aliphatic heterocycles. The van der Waals surface area contributed by atoms with Gasteiger partial charge < -0.3 is 20.7 Å². The van der Waals surface area contributed by atoms with E-state index in [-0.39, 0.29) is 12.3 Å². The highest BCUT2D eigenvalue weighted by atomic mass is 35.5. The lowest BCUT2D eigenvalue weighted by molar-refractivity contribution is -0.129. The van der Waals surface area contributed by atoms with Crippen molar-refractivity contribution in [1.82, 2.24) is 5.43 Å². The molecule has 0 aliphatic carbocycles. The first kappa shape index (κ1) is 17.5. The Morgan fingerprint density at radius 2 is 2.04 bits per heavy atom. The maximum absolute atomic E-state index is 10.8. The Hall–Kier alpha value is -2.86. The Kier molecular flexibility index (Phi) is 6.33. The fourth-order valence-electron chi connectivity index (χ4n) is 1.91. The van der Waals surface area contributed by atoms with E-state index in [1.54, 1.807) is 18.2 Å². The third kappa shape index (κ3) is 5.10. The van der Waals surface area contributed by atoms with Crippen LogP contribution >= 0.6 is 11.6 Å².